The summed E-state index contributed by atoms with van der Waals surface area (Å²) in [6.07, 6.45) is 0. The number of amides is 1. The van der Waals surface area contributed by atoms with Crippen molar-refractivity contribution in [2.75, 3.05) is 38.6 Å². The number of nitrogens with one attached hydrogen (secondary N) is 2. The number of carbonyl (C=O) groups excluding carboxylic acids is 1. The molecule has 0 unspecified atom stereocenters. The number of benzene rings is 1. The number of hydrogen-bond acceptors (Lipinski definition) is 4. The van der Waals surface area contributed by atoms with Gasteiger partial charge in [0.25, 0.3) is 5.91 Å². The molecule has 3 rings (SSSR count). The summed E-state index contributed by atoms with van der Waals surface area (Å²) in [5.41, 5.74) is 1.59. The highest BCUT2D eigenvalue weighted by atomic mass is 32.2. The lowest BCUT2D eigenvalue weighted by Gasteiger charge is -2.26. The average Bonchev–Trinajstić information content (AvgIpc) is 2.90. The van der Waals surface area contributed by atoms with E-state index in [1.807, 2.05) is 0 Å². The summed E-state index contributed by atoms with van der Waals surface area (Å²) in [5.74, 6) is -1.05. The number of fused-ring (bicyclic) bond motifs is 1. The third-order valence-electron chi connectivity index (χ3n) is 4.18. The topological polar surface area (TPSA) is 91.5 Å². The SMILES string of the molecule is Cc1[nH]c2ccc(F)cc2c1C(=O)NCCS(=O)(=O)N1CCOCC1. The van der Waals surface area contributed by atoms with Crippen LogP contribution in [0.15, 0.2) is 18.2 Å². The van der Waals surface area contributed by atoms with Crippen LogP contribution in [-0.4, -0.2) is 62.2 Å². The molecule has 1 aliphatic rings. The predicted octanol–water partition coefficient (Wildman–Crippen LogP) is 1.01. The van der Waals surface area contributed by atoms with Crippen LogP contribution in [0.5, 0.6) is 0 Å². The summed E-state index contributed by atoms with van der Waals surface area (Å²) >= 11 is 0. The van der Waals surface area contributed by atoms with Crippen LogP contribution >= 0.6 is 0 Å². The smallest absolute Gasteiger partial charge is 0.253 e. The van der Waals surface area contributed by atoms with Crippen LogP contribution in [0.1, 0.15) is 16.1 Å². The lowest BCUT2D eigenvalue weighted by molar-refractivity contribution is 0.0730. The van der Waals surface area contributed by atoms with Gasteiger partial charge in [-0.2, -0.15) is 4.31 Å². The Kier molecular flexibility index (Phi) is 5.07. The van der Waals surface area contributed by atoms with Crippen molar-refractivity contribution >= 4 is 26.8 Å². The Hall–Kier alpha value is -1.97. The van der Waals surface area contributed by atoms with E-state index < -0.39 is 21.7 Å². The molecular formula is C16H20FN3O4S. The van der Waals surface area contributed by atoms with E-state index in [2.05, 4.69) is 10.3 Å². The van der Waals surface area contributed by atoms with E-state index in [1.165, 1.54) is 16.4 Å². The molecule has 0 bridgehead atoms. The fourth-order valence-corrected chi connectivity index (χ4v) is 4.25. The van der Waals surface area contributed by atoms with Gasteiger partial charge in [0.2, 0.25) is 10.0 Å². The fraction of sp³-hybridized carbons (Fsp3) is 0.438. The second-order valence-corrected chi connectivity index (χ2v) is 7.99. The number of morpholine rings is 1. The van der Waals surface area contributed by atoms with Crippen molar-refractivity contribution in [2.45, 2.75) is 6.92 Å². The molecule has 2 heterocycles. The molecule has 0 atom stereocenters. The molecule has 136 valence electrons. The van der Waals surface area contributed by atoms with Gasteiger partial charge in [-0.05, 0) is 25.1 Å². The van der Waals surface area contributed by atoms with E-state index in [1.54, 1.807) is 13.0 Å². The second-order valence-electron chi connectivity index (χ2n) is 5.90. The number of halogens is 1. The van der Waals surface area contributed by atoms with Crippen LogP contribution in [0.2, 0.25) is 0 Å². The first-order valence-electron chi connectivity index (χ1n) is 8.00. The second kappa shape index (κ2) is 7.11. The number of carbonyl (C=O) groups is 1. The van der Waals surface area contributed by atoms with Gasteiger partial charge in [0, 0.05) is 36.2 Å². The zero-order chi connectivity index (χ0) is 18.0. The highest BCUT2D eigenvalue weighted by molar-refractivity contribution is 7.89. The number of sulfonamides is 1. The molecule has 1 fully saturated rings. The van der Waals surface area contributed by atoms with Crippen LogP contribution in [0.4, 0.5) is 4.39 Å². The van der Waals surface area contributed by atoms with Gasteiger partial charge < -0.3 is 15.0 Å². The Morgan fingerprint density at radius 1 is 1.36 bits per heavy atom. The van der Waals surface area contributed by atoms with Crippen molar-refractivity contribution in [1.29, 1.82) is 0 Å². The van der Waals surface area contributed by atoms with Gasteiger partial charge >= 0.3 is 0 Å². The summed E-state index contributed by atoms with van der Waals surface area (Å²) in [6, 6.07) is 4.17. The Labute approximate surface area is 145 Å². The zero-order valence-corrected chi connectivity index (χ0v) is 14.7. The van der Waals surface area contributed by atoms with Crippen molar-refractivity contribution in [3.8, 4) is 0 Å². The van der Waals surface area contributed by atoms with E-state index in [4.69, 9.17) is 4.74 Å². The van der Waals surface area contributed by atoms with Crippen LogP contribution < -0.4 is 5.32 Å². The molecule has 1 aromatic heterocycles. The largest absolute Gasteiger partial charge is 0.379 e. The van der Waals surface area contributed by atoms with Crippen LogP contribution in [0, 0.1) is 12.7 Å². The summed E-state index contributed by atoms with van der Waals surface area (Å²) in [7, 11) is -3.44. The van der Waals surface area contributed by atoms with Crippen molar-refractivity contribution in [3.05, 3.63) is 35.3 Å². The molecule has 1 aromatic carbocycles. The lowest BCUT2D eigenvalue weighted by atomic mass is 10.1. The Balaban J connectivity index is 1.67. The lowest BCUT2D eigenvalue weighted by Crippen LogP contribution is -2.43. The fourth-order valence-electron chi connectivity index (χ4n) is 2.93. The molecule has 0 spiro atoms. The molecule has 25 heavy (non-hydrogen) atoms. The van der Waals surface area contributed by atoms with E-state index in [9.17, 15) is 17.6 Å². The zero-order valence-electron chi connectivity index (χ0n) is 13.8. The highest BCUT2D eigenvalue weighted by Gasteiger charge is 2.24. The van der Waals surface area contributed by atoms with Gasteiger partial charge in [0.15, 0.2) is 0 Å². The van der Waals surface area contributed by atoms with Crippen molar-refractivity contribution < 1.29 is 22.3 Å². The minimum Gasteiger partial charge on any atom is -0.379 e. The molecule has 9 heteroatoms. The Morgan fingerprint density at radius 3 is 2.80 bits per heavy atom. The standard InChI is InChI=1S/C16H20FN3O4S/c1-11-15(13-10-12(17)2-3-14(13)19-11)16(21)18-4-9-25(22,23)20-5-7-24-8-6-20/h2-3,10,19H,4-9H2,1H3,(H,18,21). The van der Waals surface area contributed by atoms with E-state index in [0.717, 1.165) is 0 Å². The third kappa shape index (κ3) is 3.83. The number of aryl methyl sites for hydroxylation is 1. The average molecular weight is 369 g/mol. The first-order chi connectivity index (χ1) is 11.9. The Morgan fingerprint density at radius 2 is 2.08 bits per heavy atom. The maximum absolute atomic E-state index is 13.5. The maximum Gasteiger partial charge on any atom is 0.253 e. The quantitative estimate of drug-likeness (QED) is 0.823. The first kappa shape index (κ1) is 17.8. The van der Waals surface area contributed by atoms with Crippen molar-refractivity contribution in [1.82, 2.24) is 14.6 Å². The summed E-state index contributed by atoms with van der Waals surface area (Å²) in [5, 5.41) is 3.09. The molecule has 7 nitrogen and oxygen atoms in total. The summed E-state index contributed by atoms with van der Waals surface area (Å²) in [6.45, 7) is 3.13. The number of nitrogens with zero attached hydrogens (tertiary/aromatic N) is 1. The predicted molar refractivity (Wildman–Crippen MR) is 91.5 cm³/mol. The third-order valence-corrected chi connectivity index (χ3v) is 6.06. The van der Waals surface area contributed by atoms with Crippen molar-refractivity contribution in [2.24, 2.45) is 0 Å². The minimum atomic E-state index is -3.44. The normalized spacial score (nSPS) is 16.2. The number of ether oxygens (including phenoxy) is 1. The number of aromatic nitrogens is 1. The molecule has 2 N–H and O–H groups in total. The maximum atomic E-state index is 13.5. The van der Waals surface area contributed by atoms with Gasteiger partial charge in [0.1, 0.15) is 5.82 Å². The van der Waals surface area contributed by atoms with Gasteiger partial charge in [-0.3, -0.25) is 4.79 Å². The first-order valence-corrected chi connectivity index (χ1v) is 9.61. The van der Waals surface area contributed by atoms with Crippen LogP contribution in [0.3, 0.4) is 0 Å². The van der Waals surface area contributed by atoms with E-state index in [-0.39, 0.29) is 12.3 Å². The molecule has 1 amide bonds. The molecule has 1 aliphatic heterocycles. The number of aromatic amines is 1. The van der Waals surface area contributed by atoms with E-state index >= 15 is 0 Å². The molecular weight excluding hydrogens is 349 g/mol. The monoisotopic (exact) mass is 369 g/mol. The number of rotatable bonds is 5. The molecule has 0 aliphatic carbocycles. The van der Waals surface area contributed by atoms with Crippen LogP contribution in [-0.2, 0) is 14.8 Å². The van der Waals surface area contributed by atoms with Gasteiger partial charge in [0.05, 0.1) is 24.5 Å². The van der Waals surface area contributed by atoms with E-state index in [0.29, 0.717) is 48.5 Å². The Bertz CT molecular complexity index is 888. The van der Waals surface area contributed by atoms with Gasteiger partial charge in [-0.15, -0.1) is 0 Å². The minimum absolute atomic E-state index is 0.0139. The number of hydrogen-bond donors (Lipinski definition) is 2. The summed E-state index contributed by atoms with van der Waals surface area (Å²) in [4.78, 5) is 15.5. The number of H-pyrrole nitrogens is 1. The molecule has 0 radical (unpaired) electrons. The van der Waals surface area contributed by atoms with Gasteiger partial charge in [-0.25, -0.2) is 12.8 Å². The molecule has 1 saturated heterocycles. The summed E-state index contributed by atoms with van der Waals surface area (Å²) < 4.78 is 44.5. The molecule has 0 saturated carbocycles. The van der Waals surface area contributed by atoms with Gasteiger partial charge in [-0.1, -0.05) is 0 Å². The molecule has 2 aromatic rings. The van der Waals surface area contributed by atoms with Crippen LogP contribution in [0.25, 0.3) is 10.9 Å². The highest BCUT2D eigenvalue weighted by Crippen LogP contribution is 2.23. The van der Waals surface area contributed by atoms with Crippen molar-refractivity contribution in [3.63, 3.8) is 0 Å².